The van der Waals surface area contributed by atoms with Crippen LogP contribution in [0.15, 0.2) is 112 Å². The number of allylic oxidation sites excluding steroid dienone is 3. The normalized spacial score (nSPS) is 16.9. The van der Waals surface area contributed by atoms with Crippen molar-refractivity contribution in [3.63, 3.8) is 0 Å². The Bertz CT molecular complexity index is 2360. The van der Waals surface area contributed by atoms with Gasteiger partial charge in [-0.05, 0) is 0 Å². The van der Waals surface area contributed by atoms with Gasteiger partial charge in [0.15, 0.2) is 0 Å². The number of furan rings is 2. The van der Waals surface area contributed by atoms with Crippen molar-refractivity contribution in [3.05, 3.63) is 160 Å². The zero-order valence-electron chi connectivity index (χ0n) is 30.9. The van der Waals surface area contributed by atoms with Crippen LogP contribution in [0.3, 0.4) is 0 Å². The first-order valence-corrected chi connectivity index (χ1v) is 22.5. The Morgan fingerprint density at radius 2 is 1.29 bits per heavy atom. The summed E-state index contributed by atoms with van der Waals surface area (Å²) in [5, 5.41) is 1.56. The topological polar surface area (TPSA) is 26.3 Å². The van der Waals surface area contributed by atoms with E-state index in [1.54, 1.807) is 5.19 Å². The molecule has 8 rings (SSSR count). The minimum absolute atomic E-state index is 0.0416. The van der Waals surface area contributed by atoms with E-state index in [1.165, 1.54) is 97.1 Å². The first-order chi connectivity index (χ1) is 24.4. The van der Waals surface area contributed by atoms with Gasteiger partial charge in [0, 0.05) is 0 Å². The summed E-state index contributed by atoms with van der Waals surface area (Å²) in [6, 6.07) is 38.0. The number of fused-ring (bicyclic) bond motifs is 2. The molecule has 0 spiro atoms. The fraction of sp³-hybridized carbons (Fsp3) is 0.234. The Balaban J connectivity index is 1.51. The molecule has 2 unspecified atom stereocenters. The van der Waals surface area contributed by atoms with Crippen LogP contribution in [0.1, 0.15) is 86.7 Å². The molecule has 2 heterocycles. The summed E-state index contributed by atoms with van der Waals surface area (Å²) in [6.45, 7) is 18.3. The summed E-state index contributed by atoms with van der Waals surface area (Å²) >= 11 is 1.47. The summed E-state index contributed by atoms with van der Waals surface area (Å²) in [5.74, 6) is 3.83. The standard InChI is InChI=1S/C47H45O2Si.Zr/c1-28-19-21-34-35(42(28)31-15-11-9-12-16-31)27-37(38-22-20-29(2)48-38)45(34)46-36(39-23-24-41(49-39)47(4,5)6)25-33-26-40(50(7)8)30(3)43(44(33)46)32-17-13-10-14-18-32;/h9-27,45,50H,1-8H3;. The maximum absolute atomic E-state index is 6.94. The second kappa shape index (κ2) is 12.9. The van der Waals surface area contributed by atoms with Gasteiger partial charge in [-0.15, -0.1) is 0 Å². The molecule has 2 atom stereocenters. The second-order valence-electron chi connectivity index (χ2n) is 15.7. The van der Waals surface area contributed by atoms with Gasteiger partial charge >= 0.3 is 322 Å². The van der Waals surface area contributed by atoms with E-state index in [-0.39, 0.29) is 15.0 Å². The molecule has 2 aliphatic rings. The van der Waals surface area contributed by atoms with Crippen LogP contribution >= 0.6 is 0 Å². The van der Waals surface area contributed by atoms with Gasteiger partial charge in [0.05, 0.1) is 0 Å². The van der Waals surface area contributed by atoms with Gasteiger partial charge in [-0.1, -0.05) is 0 Å². The Morgan fingerprint density at radius 3 is 1.88 bits per heavy atom. The van der Waals surface area contributed by atoms with Gasteiger partial charge in [-0.3, -0.25) is 0 Å². The van der Waals surface area contributed by atoms with Crippen molar-refractivity contribution in [2.45, 2.75) is 69.6 Å². The molecular formula is C47H45O2SiZr. The van der Waals surface area contributed by atoms with E-state index in [1.807, 2.05) is 6.92 Å². The molecule has 0 saturated carbocycles. The molecule has 2 nitrogen and oxygen atoms in total. The van der Waals surface area contributed by atoms with E-state index in [2.05, 4.69) is 157 Å². The van der Waals surface area contributed by atoms with Crippen LogP contribution < -0.4 is 5.19 Å². The van der Waals surface area contributed by atoms with Crippen molar-refractivity contribution in [2.75, 3.05) is 0 Å². The molecule has 2 aliphatic carbocycles. The predicted molar refractivity (Wildman–Crippen MR) is 213 cm³/mol. The Hall–Kier alpha value is -3.98. The Kier molecular flexibility index (Phi) is 8.63. The van der Waals surface area contributed by atoms with Gasteiger partial charge in [0.2, 0.25) is 0 Å². The monoisotopic (exact) mass is 759 g/mol. The van der Waals surface area contributed by atoms with E-state index < -0.39 is 8.80 Å². The first kappa shape index (κ1) is 34.1. The molecule has 0 saturated heterocycles. The van der Waals surface area contributed by atoms with Gasteiger partial charge < -0.3 is 0 Å². The summed E-state index contributed by atoms with van der Waals surface area (Å²) in [6.07, 6.45) is 2.43. The molecular weight excluding hydrogens is 716 g/mol. The number of rotatable bonds is 6. The van der Waals surface area contributed by atoms with E-state index in [0.717, 1.165) is 23.0 Å². The van der Waals surface area contributed by atoms with Crippen molar-refractivity contribution in [1.29, 1.82) is 0 Å². The molecule has 0 radical (unpaired) electrons. The third-order valence-electron chi connectivity index (χ3n) is 10.9. The fourth-order valence-corrected chi connectivity index (χ4v) is 11.3. The third-order valence-corrected chi connectivity index (χ3v) is 14.2. The van der Waals surface area contributed by atoms with Crippen molar-refractivity contribution in [3.8, 4) is 22.3 Å². The van der Waals surface area contributed by atoms with E-state index in [0.29, 0.717) is 0 Å². The Morgan fingerprint density at radius 1 is 0.647 bits per heavy atom. The molecule has 0 aliphatic heterocycles. The molecule has 0 fully saturated rings. The predicted octanol–water partition coefficient (Wildman–Crippen LogP) is 12.0. The summed E-state index contributed by atoms with van der Waals surface area (Å²) in [7, 11) is -1.16. The second-order valence-corrected chi connectivity index (χ2v) is 20.0. The number of benzene rings is 4. The van der Waals surface area contributed by atoms with Crippen LogP contribution in [0.4, 0.5) is 0 Å². The summed E-state index contributed by atoms with van der Waals surface area (Å²) in [4.78, 5) is 0. The summed E-state index contributed by atoms with van der Waals surface area (Å²) < 4.78 is 13.7. The van der Waals surface area contributed by atoms with Crippen molar-refractivity contribution in [2.24, 2.45) is 0 Å². The van der Waals surface area contributed by atoms with Crippen LogP contribution in [-0.4, -0.2) is 8.80 Å². The molecule has 0 bridgehead atoms. The van der Waals surface area contributed by atoms with Crippen LogP contribution in [0.5, 0.6) is 0 Å². The quantitative estimate of drug-likeness (QED) is 0.158. The van der Waals surface area contributed by atoms with Crippen LogP contribution in [-0.2, 0) is 30.1 Å². The fourth-order valence-electron chi connectivity index (χ4n) is 8.47. The molecule has 4 heteroatoms. The first-order valence-electron chi connectivity index (χ1n) is 18.2. The molecule has 0 N–H and O–H groups in total. The minimum atomic E-state index is -1.16. The molecule has 253 valence electrons. The third kappa shape index (κ3) is 5.71. The molecule has 6 aromatic rings. The molecule has 51 heavy (non-hydrogen) atoms. The average molecular weight is 761 g/mol. The van der Waals surface area contributed by atoms with Gasteiger partial charge in [0.25, 0.3) is 0 Å². The van der Waals surface area contributed by atoms with Crippen molar-refractivity contribution >= 4 is 36.8 Å². The van der Waals surface area contributed by atoms with Gasteiger partial charge in [0.1, 0.15) is 0 Å². The van der Waals surface area contributed by atoms with Crippen LogP contribution in [0.25, 0.3) is 45.0 Å². The van der Waals surface area contributed by atoms with E-state index in [4.69, 9.17) is 8.83 Å². The zero-order valence-corrected chi connectivity index (χ0v) is 34.6. The zero-order chi connectivity index (χ0) is 35.8. The van der Waals surface area contributed by atoms with Gasteiger partial charge in [-0.25, -0.2) is 0 Å². The maximum atomic E-state index is 6.94. The number of hydrogen-bond acceptors (Lipinski definition) is 2. The van der Waals surface area contributed by atoms with Crippen molar-refractivity contribution < 1.29 is 33.6 Å². The number of aryl methyl sites for hydroxylation is 2. The van der Waals surface area contributed by atoms with E-state index in [9.17, 15) is 0 Å². The van der Waals surface area contributed by atoms with Gasteiger partial charge in [-0.2, -0.15) is 0 Å². The van der Waals surface area contributed by atoms with Crippen LogP contribution in [0, 0.1) is 20.8 Å². The number of hydrogen-bond donors (Lipinski definition) is 0. The Labute approximate surface area is 319 Å². The molecule has 2 aromatic heterocycles. The molecule has 0 amide bonds. The van der Waals surface area contributed by atoms with Crippen LogP contribution in [0.2, 0.25) is 13.1 Å². The summed E-state index contributed by atoms with van der Waals surface area (Å²) in [5.41, 5.74) is 17.2. The SMILES string of the molecule is Cc1ccc(C2=Cc3c(ccc(C)c3-c3ccccc3)C2C2=C(c3ccc(C(C)(C)C)o3)[CH]([Zr])c3cc([SiH](C)C)c(C)c(-c4ccccc4)c32)o1. The van der Waals surface area contributed by atoms with Crippen molar-refractivity contribution in [1.82, 2.24) is 0 Å². The molecule has 4 aromatic carbocycles. The van der Waals surface area contributed by atoms with E-state index >= 15 is 0 Å². The average Bonchev–Trinajstić information content (AvgIpc) is 3.90.